The lowest BCUT2D eigenvalue weighted by atomic mass is 10.1. The van der Waals surface area contributed by atoms with Gasteiger partial charge in [0, 0.05) is 0 Å². The van der Waals surface area contributed by atoms with E-state index in [2.05, 4.69) is 5.32 Å². The van der Waals surface area contributed by atoms with Crippen LogP contribution in [0.2, 0.25) is 0 Å². The molecule has 3 N–H and O–H groups in total. The monoisotopic (exact) mass is 382 g/mol. The number of hydrogen-bond donors (Lipinski definition) is 3. The number of carbonyl (C=O) groups excluding carboxylic acids is 3. The van der Waals surface area contributed by atoms with Crippen molar-refractivity contribution in [1.82, 2.24) is 10.4 Å². The molecule has 2 atom stereocenters. The summed E-state index contributed by atoms with van der Waals surface area (Å²) in [4.78, 5) is 35.8. The van der Waals surface area contributed by atoms with Gasteiger partial charge in [-0.2, -0.15) is 0 Å². The normalized spacial score (nSPS) is 13.3. The van der Waals surface area contributed by atoms with Crippen molar-refractivity contribution in [3.8, 4) is 0 Å². The van der Waals surface area contributed by atoms with Crippen molar-refractivity contribution in [2.45, 2.75) is 52.0 Å². The van der Waals surface area contributed by atoms with Crippen LogP contribution in [0.5, 0.6) is 0 Å². The highest BCUT2D eigenvalue weighted by atomic mass is 16.6. The molecule has 0 fully saturated rings. The molecule has 150 valence electrons. The van der Waals surface area contributed by atoms with Gasteiger partial charge in [-0.25, -0.2) is 9.86 Å². The second kappa shape index (κ2) is 9.89. The Morgan fingerprint density at radius 1 is 1.19 bits per heavy atom. The van der Waals surface area contributed by atoms with Crippen molar-refractivity contribution in [2.24, 2.45) is 0 Å². The molecule has 9 heteroatoms. The maximum atomic E-state index is 12.2. The van der Waals surface area contributed by atoms with Gasteiger partial charge in [0.15, 0.2) is 0 Å². The van der Waals surface area contributed by atoms with Crippen molar-refractivity contribution in [1.29, 1.82) is 0 Å². The number of nitrogens with one attached hydrogen (secondary N) is 1. The van der Waals surface area contributed by atoms with Crippen LogP contribution in [-0.2, 0) is 25.7 Å². The molecule has 0 heterocycles. The molecular weight excluding hydrogens is 356 g/mol. The van der Waals surface area contributed by atoms with Gasteiger partial charge in [-0.05, 0) is 33.3 Å². The van der Waals surface area contributed by atoms with Crippen LogP contribution in [-0.4, -0.2) is 57.6 Å². The van der Waals surface area contributed by atoms with Crippen LogP contribution in [0, 0.1) is 0 Å². The number of aliphatic hydroxyl groups excluding tert-OH is 1. The zero-order valence-corrected chi connectivity index (χ0v) is 15.8. The second-order valence-electron chi connectivity index (χ2n) is 6.91. The molecule has 0 saturated carbocycles. The Labute approximate surface area is 157 Å². The smallest absolute Gasteiger partial charge is 0.408 e. The first-order valence-electron chi connectivity index (χ1n) is 8.37. The lowest BCUT2D eigenvalue weighted by Gasteiger charge is -2.25. The maximum absolute atomic E-state index is 12.2. The first-order chi connectivity index (χ1) is 12.5. The Bertz CT molecular complexity index is 641. The minimum atomic E-state index is -1.50. The van der Waals surface area contributed by atoms with E-state index in [0.717, 1.165) is 5.56 Å². The predicted molar refractivity (Wildman–Crippen MR) is 94.6 cm³/mol. The van der Waals surface area contributed by atoms with Crippen molar-refractivity contribution in [3.05, 3.63) is 35.9 Å². The van der Waals surface area contributed by atoms with E-state index >= 15 is 0 Å². The van der Waals surface area contributed by atoms with Crippen LogP contribution in [0.1, 0.15) is 33.3 Å². The third-order valence-electron chi connectivity index (χ3n) is 3.19. The molecule has 2 amide bonds. The summed E-state index contributed by atoms with van der Waals surface area (Å²) in [6.45, 7) is 5.38. The van der Waals surface area contributed by atoms with E-state index in [1.54, 1.807) is 45.0 Å². The quantitative estimate of drug-likeness (QED) is 0.368. The third kappa shape index (κ3) is 8.52. The summed E-state index contributed by atoms with van der Waals surface area (Å²) in [5, 5.41) is 21.8. The maximum Gasteiger partial charge on any atom is 0.408 e. The Hall–Kier alpha value is -2.65. The molecule has 1 aromatic carbocycles. The Kier molecular flexibility index (Phi) is 8.20. The first kappa shape index (κ1) is 22.4. The second-order valence-corrected chi connectivity index (χ2v) is 6.91. The molecule has 0 saturated heterocycles. The lowest BCUT2D eigenvalue weighted by Crippen LogP contribution is -2.54. The number of alkyl carbamates (subject to hydrolysis) is 1. The minimum absolute atomic E-state index is 0.0336. The summed E-state index contributed by atoms with van der Waals surface area (Å²) in [6, 6.07) is 7.37. The van der Waals surface area contributed by atoms with Gasteiger partial charge in [0.1, 0.15) is 24.8 Å². The molecule has 0 spiro atoms. The van der Waals surface area contributed by atoms with Crippen LogP contribution < -0.4 is 5.32 Å². The summed E-state index contributed by atoms with van der Waals surface area (Å²) in [6.07, 6.45) is -2.29. The molecule has 0 aliphatic rings. The number of carbonyl (C=O) groups is 3. The van der Waals surface area contributed by atoms with Gasteiger partial charge in [-0.1, -0.05) is 30.3 Å². The number of aliphatic hydroxyl groups is 1. The van der Waals surface area contributed by atoms with E-state index in [1.807, 2.05) is 6.07 Å². The van der Waals surface area contributed by atoms with Crippen molar-refractivity contribution >= 4 is 18.0 Å². The van der Waals surface area contributed by atoms with E-state index < -0.39 is 42.3 Å². The highest BCUT2D eigenvalue weighted by Crippen LogP contribution is 2.08. The van der Waals surface area contributed by atoms with Crippen LogP contribution in [0.3, 0.4) is 0 Å². The van der Waals surface area contributed by atoms with E-state index in [-0.39, 0.29) is 11.7 Å². The predicted octanol–water partition coefficient (Wildman–Crippen LogP) is 1.22. The average Bonchev–Trinajstić information content (AvgIpc) is 2.56. The summed E-state index contributed by atoms with van der Waals surface area (Å²) < 4.78 is 9.98. The average molecular weight is 382 g/mol. The fourth-order valence-electron chi connectivity index (χ4n) is 2.01. The molecule has 0 aliphatic carbocycles. The van der Waals surface area contributed by atoms with Gasteiger partial charge in [-0.15, -0.1) is 0 Å². The molecule has 9 nitrogen and oxygen atoms in total. The number of hydrogen-bond acceptors (Lipinski definition) is 7. The number of ether oxygens (including phenoxy) is 2. The van der Waals surface area contributed by atoms with Crippen LogP contribution in [0.25, 0.3) is 0 Å². The fraction of sp³-hybridized carbons (Fsp3) is 0.500. The fourth-order valence-corrected chi connectivity index (χ4v) is 2.01. The number of benzene rings is 1. The minimum Gasteiger partial charge on any atom is -0.459 e. The molecule has 27 heavy (non-hydrogen) atoms. The van der Waals surface area contributed by atoms with Gasteiger partial charge in [-0.3, -0.25) is 14.8 Å². The summed E-state index contributed by atoms with van der Waals surface area (Å²) in [7, 11) is 0. The SMILES string of the molecule is C[C@@H](O)[C@H](NC(=O)OCc1ccccc1)C(=O)N(O)CC(=O)OC(C)(C)C. The molecule has 1 rings (SSSR count). The van der Waals surface area contributed by atoms with E-state index in [0.29, 0.717) is 0 Å². The zero-order valence-electron chi connectivity index (χ0n) is 15.8. The zero-order chi connectivity index (χ0) is 20.6. The highest BCUT2D eigenvalue weighted by molar-refractivity contribution is 5.88. The Balaban J connectivity index is 2.61. The molecule has 1 aromatic rings. The van der Waals surface area contributed by atoms with Gasteiger partial charge in [0.2, 0.25) is 0 Å². The number of nitrogens with zero attached hydrogens (tertiary/aromatic N) is 1. The van der Waals surface area contributed by atoms with Gasteiger partial charge < -0.3 is 19.9 Å². The van der Waals surface area contributed by atoms with Gasteiger partial charge in [0.25, 0.3) is 5.91 Å². The first-order valence-corrected chi connectivity index (χ1v) is 8.37. The molecule has 0 unspecified atom stereocenters. The number of amides is 2. The largest absolute Gasteiger partial charge is 0.459 e. The summed E-state index contributed by atoms with van der Waals surface area (Å²) in [5.74, 6) is -1.91. The molecule has 0 aliphatic heterocycles. The Morgan fingerprint density at radius 2 is 1.78 bits per heavy atom. The summed E-state index contributed by atoms with van der Waals surface area (Å²) in [5.41, 5.74) is -0.0503. The summed E-state index contributed by atoms with van der Waals surface area (Å²) >= 11 is 0. The van der Waals surface area contributed by atoms with Gasteiger partial charge >= 0.3 is 12.1 Å². The van der Waals surface area contributed by atoms with Crippen LogP contribution in [0.15, 0.2) is 30.3 Å². The molecular formula is C18H26N2O7. The van der Waals surface area contributed by atoms with Crippen molar-refractivity contribution in [2.75, 3.05) is 6.54 Å². The van der Waals surface area contributed by atoms with Crippen LogP contribution in [0.4, 0.5) is 4.79 Å². The van der Waals surface area contributed by atoms with E-state index in [1.165, 1.54) is 6.92 Å². The van der Waals surface area contributed by atoms with E-state index in [9.17, 15) is 24.7 Å². The van der Waals surface area contributed by atoms with Crippen molar-refractivity contribution < 1.29 is 34.2 Å². The van der Waals surface area contributed by atoms with Gasteiger partial charge in [0.05, 0.1) is 6.10 Å². The Morgan fingerprint density at radius 3 is 2.30 bits per heavy atom. The topological polar surface area (TPSA) is 125 Å². The van der Waals surface area contributed by atoms with Crippen molar-refractivity contribution in [3.63, 3.8) is 0 Å². The highest BCUT2D eigenvalue weighted by Gasteiger charge is 2.32. The lowest BCUT2D eigenvalue weighted by molar-refractivity contribution is -0.183. The van der Waals surface area contributed by atoms with Crippen LogP contribution >= 0.6 is 0 Å². The molecule has 0 radical (unpaired) electrons. The molecule has 0 aromatic heterocycles. The third-order valence-corrected chi connectivity index (χ3v) is 3.19. The number of esters is 1. The standard InChI is InChI=1S/C18H26N2O7/c1-12(21)15(16(23)20(25)10-14(22)27-18(2,3)4)19-17(24)26-11-13-8-6-5-7-9-13/h5-9,12,15,21,25H,10-11H2,1-4H3,(H,19,24)/t12-,15+/m1/s1. The van der Waals surface area contributed by atoms with E-state index in [4.69, 9.17) is 9.47 Å². The number of hydroxylamine groups is 2. The number of rotatable bonds is 7. The molecule has 0 bridgehead atoms.